The second-order valence-corrected chi connectivity index (χ2v) is 6.77. The summed E-state index contributed by atoms with van der Waals surface area (Å²) in [4.78, 5) is 24.9. The zero-order chi connectivity index (χ0) is 19.7. The molecule has 6 nitrogen and oxygen atoms in total. The van der Waals surface area contributed by atoms with E-state index in [1.54, 1.807) is 32.0 Å². The number of methoxy groups -OCH3 is 1. The monoisotopic (exact) mass is 365 g/mol. The van der Waals surface area contributed by atoms with Crippen molar-refractivity contribution in [3.63, 3.8) is 0 Å². The van der Waals surface area contributed by atoms with Crippen LogP contribution < -0.4 is 10.1 Å². The molecule has 1 rings (SSSR count). The predicted octanol–water partition coefficient (Wildman–Crippen LogP) is 4.04. The molecular weight excluding hydrogens is 334 g/mol. The molecule has 0 aliphatic heterocycles. The first-order valence-corrected chi connectivity index (χ1v) is 9.07. The third kappa shape index (κ3) is 6.02. The van der Waals surface area contributed by atoms with Crippen LogP contribution in [0.2, 0.25) is 0 Å². The quantitative estimate of drug-likeness (QED) is 0.633. The summed E-state index contributed by atoms with van der Waals surface area (Å²) in [5.74, 6) is 0.00252. The smallest absolute Gasteiger partial charge is 0.341 e. The highest BCUT2D eigenvalue weighted by atomic mass is 16.5. The van der Waals surface area contributed by atoms with Gasteiger partial charge in [0.05, 0.1) is 13.2 Å². The number of amides is 1. The van der Waals surface area contributed by atoms with Crippen LogP contribution in [0.5, 0.6) is 5.75 Å². The minimum absolute atomic E-state index is 0.259. The van der Waals surface area contributed by atoms with Crippen LogP contribution >= 0.6 is 0 Å². The van der Waals surface area contributed by atoms with E-state index in [0.717, 1.165) is 6.42 Å². The second kappa shape index (κ2) is 10.2. The molecule has 1 aromatic rings. The van der Waals surface area contributed by atoms with Gasteiger partial charge in [-0.3, -0.25) is 4.79 Å². The lowest BCUT2D eigenvalue weighted by atomic mass is 9.93. The molecule has 1 unspecified atom stereocenters. The number of benzene rings is 1. The molecule has 0 saturated carbocycles. The Morgan fingerprint density at radius 1 is 1.23 bits per heavy atom. The Morgan fingerprint density at radius 2 is 1.92 bits per heavy atom. The van der Waals surface area contributed by atoms with Crippen molar-refractivity contribution >= 4 is 17.6 Å². The maximum Gasteiger partial charge on any atom is 0.341 e. The number of carbonyl (C=O) groups excluding carboxylic acids is 2. The van der Waals surface area contributed by atoms with Crippen molar-refractivity contribution in [1.29, 1.82) is 0 Å². The summed E-state index contributed by atoms with van der Waals surface area (Å²) in [6, 6.07) is 4.95. The summed E-state index contributed by atoms with van der Waals surface area (Å²) in [5.41, 5.74) is -0.162. The van der Waals surface area contributed by atoms with Gasteiger partial charge in [-0.05, 0) is 50.8 Å². The van der Waals surface area contributed by atoms with Crippen molar-refractivity contribution < 1.29 is 23.8 Å². The molecule has 0 aromatic heterocycles. The Hall–Kier alpha value is -2.08. The Morgan fingerprint density at radius 3 is 2.46 bits per heavy atom. The van der Waals surface area contributed by atoms with Gasteiger partial charge in [-0.15, -0.1) is 0 Å². The molecule has 0 bridgehead atoms. The number of hydrogen-bond donors (Lipinski definition) is 1. The second-order valence-electron chi connectivity index (χ2n) is 6.77. The van der Waals surface area contributed by atoms with Crippen molar-refractivity contribution in [2.45, 2.75) is 53.1 Å². The van der Waals surface area contributed by atoms with E-state index in [2.05, 4.69) is 5.32 Å². The van der Waals surface area contributed by atoms with E-state index in [0.29, 0.717) is 35.9 Å². The lowest BCUT2D eigenvalue weighted by Crippen LogP contribution is -2.43. The van der Waals surface area contributed by atoms with E-state index in [9.17, 15) is 9.59 Å². The highest BCUT2D eigenvalue weighted by Gasteiger charge is 2.34. The van der Waals surface area contributed by atoms with E-state index in [-0.39, 0.29) is 12.5 Å². The van der Waals surface area contributed by atoms with Gasteiger partial charge in [-0.2, -0.15) is 0 Å². The first-order chi connectivity index (χ1) is 12.3. The number of ether oxygens (including phenoxy) is 3. The lowest BCUT2D eigenvalue weighted by Gasteiger charge is -2.28. The van der Waals surface area contributed by atoms with Gasteiger partial charge < -0.3 is 19.5 Å². The highest BCUT2D eigenvalue weighted by Crippen LogP contribution is 2.27. The Labute approximate surface area is 156 Å². The minimum atomic E-state index is -0.949. The molecule has 1 amide bonds. The van der Waals surface area contributed by atoms with Gasteiger partial charge in [0.15, 0.2) is 0 Å². The van der Waals surface area contributed by atoms with E-state index in [1.807, 2.05) is 20.8 Å². The fraction of sp³-hybridized carbons (Fsp3) is 0.600. The van der Waals surface area contributed by atoms with Crippen molar-refractivity contribution in [2.24, 2.45) is 5.92 Å². The number of hydrogen-bond acceptors (Lipinski definition) is 5. The third-order valence-electron chi connectivity index (χ3n) is 3.92. The van der Waals surface area contributed by atoms with Crippen molar-refractivity contribution in [1.82, 2.24) is 0 Å². The number of esters is 1. The molecule has 0 aliphatic rings. The molecule has 146 valence electrons. The lowest BCUT2D eigenvalue weighted by molar-refractivity contribution is -0.137. The topological polar surface area (TPSA) is 73.9 Å². The Balaban J connectivity index is 3.07. The van der Waals surface area contributed by atoms with E-state index < -0.39 is 11.6 Å². The van der Waals surface area contributed by atoms with Crippen LogP contribution in [0, 0.1) is 5.92 Å². The molecule has 1 atom stereocenters. The molecule has 0 radical (unpaired) electrons. The minimum Gasteiger partial charge on any atom is -0.493 e. The van der Waals surface area contributed by atoms with Crippen LogP contribution in [0.1, 0.15) is 57.8 Å². The van der Waals surface area contributed by atoms with Crippen LogP contribution in [0.25, 0.3) is 0 Å². The van der Waals surface area contributed by atoms with Gasteiger partial charge in [0.1, 0.15) is 16.9 Å². The molecule has 0 fully saturated rings. The molecule has 0 spiro atoms. The van der Waals surface area contributed by atoms with Gasteiger partial charge in [-0.25, -0.2) is 4.79 Å². The zero-order valence-corrected chi connectivity index (χ0v) is 16.7. The molecule has 0 aliphatic carbocycles. The SMILES string of the molecule is CCCOc1ccc(NC(=O)C(C)(CC(C)C)OC)cc1C(=O)OCC. The summed E-state index contributed by atoms with van der Waals surface area (Å²) in [7, 11) is 1.52. The summed E-state index contributed by atoms with van der Waals surface area (Å²) >= 11 is 0. The summed E-state index contributed by atoms with van der Waals surface area (Å²) < 4.78 is 16.2. The van der Waals surface area contributed by atoms with Crippen LogP contribution in [0.4, 0.5) is 5.69 Å². The first-order valence-electron chi connectivity index (χ1n) is 9.07. The first kappa shape index (κ1) is 22.0. The molecule has 1 N–H and O–H groups in total. The van der Waals surface area contributed by atoms with Gasteiger partial charge in [0.2, 0.25) is 0 Å². The fourth-order valence-electron chi connectivity index (χ4n) is 2.63. The predicted molar refractivity (Wildman–Crippen MR) is 102 cm³/mol. The van der Waals surface area contributed by atoms with Gasteiger partial charge in [0, 0.05) is 12.8 Å². The van der Waals surface area contributed by atoms with E-state index in [1.165, 1.54) is 7.11 Å². The van der Waals surface area contributed by atoms with Gasteiger partial charge in [-0.1, -0.05) is 20.8 Å². The van der Waals surface area contributed by atoms with Crippen molar-refractivity contribution in [2.75, 3.05) is 25.6 Å². The highest BCUT2D eigenvalue weighted by molar-refractivity contribution is 5.99. The molecular formula is C20H31NO5. The average Bonchev–Trinajstić information content (AvgIpc) is 2.59. The number of nitrogens with one attached hydrogen (secondary N) is 1. The normalized spacial score (nSPS) is 13.2. The Bertz CT molecular complexity index is 614. The third-order valence-corrected chi connectivity index (χ3v) is 3.92. The van der Waals surface area contributed by atoms with Crippen LogP contribution in [-0.4, -0.2) is 37.8 Å². The fourth-order valence-corrected chi connectivity index (χ4v) is 2.63. The molecule has 26 heavy (non-hydrogen) atoms. The maximum atomic E-state index is 12.7. The summed E-state index contributed by atoms with van der Waals surface area (Å²) in [5, 5.41) is 2.83. The van der Waals surface area contributed by atoms with Gasteiger partial charge in [0.25, 0.3) is 5.91 Å². The van der Waals surface area contributed by atoms with Crippen LogP contribution in [-0.2, 0) is 14.3 Å². The van der Waals surface area contributed by atoms with E-state index in [4.69, 9.17) is 14.2 Å². The standard InChI is InChI=1S/C20H31NO5/c1-7-11-26-17-10-9-15(12-16(17)18(22)25-8-2)21-19(23)20(5,24-6)13-14(3)4/h9-10,12,14H,7-8,11,13H2,1-6H3,(H,21,23). The van der Waals surface area contributed by atoms with Crippen LogP contribution in [0.15, 0.2) is 18.2 Å². The molecule has 6 heteroatoms. The van der Waals surface area contributed by atoms with Gasteiger partial charge >= 0.3 is 5.97 Å². The summed E-state index contributed by atoms with van der Waals surface area (Å²) in [6.45, 7) is 10.3. The number of anilines is 1. The maximum absolute atomic E-state index is 12.7. The molecule has 0 heterocycles. The van der Waals surface area contributed by atoms with Crippen LogP contribution in [0.3, 0.4) is 0 Å². The van der Waals surface area contributed by atoms with Crippen molar-refractivity contribution in [3.8, 4) is 5.75 Å². The molecule has 0 saturated heterocycles. The average molecular weight is 365 g/mol. The number of carbonyl (C=O) groups is 2. The largest absolute Gasteiger partial charge is 0.493 e. The summed E-state index contributed by atoms with van der Waals surface area (Å²) in [6.07, 6.45) is 1.40. The van der Waals surface area contributed by atoms with E-state index >= 15 is 0 Å². The number of rotatable bonds is 10. The molecule has 1 aromatic carbocycles. The zero-order valence-electron chi connectivity index (χ0n) is 16.7. The van der Waals surface area contributed by atoms with Crippen molar-refractivity contribution in [3.05, 3.63) is 23.8 Å². The Kier molecular flexibility index (Phi) is 8.58.